The molecule has 40 heavy (non-hydrogen) atoms. The van der Waals surface area contributed by atoms with E-state index in [1.807, 2.05) is 33.2 Å². The molecule has 0 atom stereocenters. The maximum absolute atomic E-state index is 13.5. The van der Waals surface area contributed by atoms with Gasteiger partial charge in [-0.2, -0.15) is 10.4 Å². The fraction of sp³-hybridized carbons (Fsp3) is 0.333. The van der Waals surface area contributed by atoms with Gasteiger partial charge in [-0.1, -0.05) is 39.8 Å². The molecule has 0 aliphatic carbocycles. The molecule has 1 N–H and O–H groups in total. The predicted octanol–water partition coefficient (Wildman–Crippen LogP) is 3.49. The number of rotatable bonds is 6. The van der Waals surface area contributed by atoms with Gasteiger partial charge in [-0.25, -0.2) is 4.98 Å². The fourth-order valence-corrected chi connectivity index (χ4v) is 4.68. The fourth-order valence-electron chi connectivity index (χ4n) is 4.68. The van der Waals surface area contributed by atoms with Gasteiger partial charge in [0.2, 0.25) is 5.91 Å². The minimum absolute atomic E-state index is 0.0483. The third-order valence-corrected chi connectivity index (χ3v) is 6.63. The number of fused-ring (bicyclic) bond motifs is 1. The highest BCUT2D eigenvalue weighted by Gasteiger charge is 2.37. The van der Waals surface area contributed by atoms with Crippen molar-refractivity contribution in [3.8, 4) is 17.2 Å². The highest BCUT2D eigenvalue weighted by atomic mass is 16.2. The van der Waals surface area contributed by atoms with E-state index in [-0.39, 0.29) is 30.0 Å². The van der Waals surface area contributed by atoms with Crippen molar-refractivity contribution in [2.24, 2.45) is 12.5 Å². The summed E-state index contributed by atoms with van der Waals surface area (Å²) in [5.41, 5.74) is 2.64. The molecular weight excluding hydrogens is 506 g/mol. The van der Waals surface area contributed by atoms with Crippen LogP contribution in [-0.4, -0.2) is 49.1 Å². The van der Waals surface area contributed by atoms with Gasteiger partial charge < -0.3 is 10.2 Å². The van der Waals surface area contributed by atoms with Crippen LogP contribution in [0.15, 0.2) is 59.8 Å². The molecule has 1 aliphatic rings. The Morgan fingerprint density at radius 2 is 1.77 bits per heavy atom. The lowest BCUT2D eigenvalue weighted by molar-refractivity contribution is -0.142. The van der Waals surface area contributed by atoms with Crippen LogP contribution in [0.4, 0.5) is 0 Å². The number of nitrogens with one attached hydrogen (secondary N) is 1. The highest BCUT2D eigenvalue weighted by Crippen LogP contribution is 2.29. The average molecular weight is 540 g/mol. The summed E-state index contributed by atoms with van der Waals surface area (Å²) < 4.78 is 2.96. The van der Waals surface area contributed by atoms with Crippen LogP contribution >= 0.6 is 0 Å². The maximum atomic E-state index is 13.5. The lowest BCUT2D eigenvalue weighted by Gasteiger charge is -2.45. The van der Waals surface area contributed by atoms with E-state index in [2.05, 4.69) is 35.3 Å². The Morgan fingerprint density at radius 1 is 1.07 bits per heavy atom. The standard InChI is InChI=1S/C28H27N7O3.C2H6/c1-28(2)16-34(17-28)24(36)15-35-25-20(8-21(12-30-25)22-13-32-33(3)14-22)9-23(27(35)38)26(37)31-11-19-6-4-18(10-29)5-7-19;1-2/h4-9,12-14H,11,15-17H2,1-3H3,(H,31,37);1-2H3. The van der Waals surface area contributed by atoms with Crippen LogP contribution in [0, 0.1) is 16.7 Å². The number of hydrogen-bond donors (Lipinski definition) is 1. The Balaban J connectivity index is 0.00000181. The summed E-state index contributed by atoms with van der Waals surface area (Å²) in [6, 6.07) is 12.2. The summed E-state index contributed by atoms with van der Waals surface area (Å²) in [5, 5.41) is 16.5. The van der Waals surface area contributed by atoms with Gasteiger partial charge in [0.05, 0.1) is 17.8 Å². The predicted molar refractivity (Wildman–Crippen MR) is 152 cm³/mol. The summed E-state index contributed by atoms with van der Waals surface area (Å²) in [4.78, 5) is 45.9. The molecule has 1 saturated heterocycles. The number of aromatic nitrogens is 4. The molecule has 1 aliphatic heterocycles. The third kappa shape index (κ3) is 5.94. The first-order valence-electron chi connectivity index (χ1n) is 13.2. The van der Waals surface area contributed by atoms with Crippen LogP contribution in [0.5, 0.6) is 0 Å². The lowest BCUT2D eigenvalue weighted by Crippen LogP contribution is -2.56. The lowest BCUT2D eigenvalue weighted by atomic mass is 9.84. The average Bonchev–Trinajstić information content (AvgIpc) is 3.38. The number of amides is 2. The molecule has 0 unspecified atom stereocenters. The van der Waals surface area contributed by atoms with Crippen LogP contribution in [0.2, 0.25) is 0 Å². The second kappa shape index (κ2) is 11.5. The quantitative estimate of drug-likeness (QED) is 0.400. The highest BCUT2D eigenvalue weighted by molar-refractivity contribution is 5.97. The van der Waals surface area contributed by atoms with Crippen molar-refractivity contribution in [1.29, 1.82) is 5.26 Å². The van der Waals surface area contributed by atoms with E-state index < -0.39 is 11.5 Å². The Morgan fingerprint density at radius 3 is 2.38 bits per heavy atom. The number of carbonyl (C=O) groups excluding carboxylic acids is 2. The molecule has 4 heterocycles. The number of aryl methyl sites for hydroxylation is 1. The van der Waals surface area contributed by atoms with E-state index in [0.717, 1.165) is 16.7 Å². The van der Waals surface area contributed by atoms with Crippen LogP contribution in [0.1, 0.15) is 49.2 Å². The van der Waals surface area contributed by atoms with Crippen molar-refractivity contribution in [2.75, 3.05) is 13.1 Å². The van der Waals surface area contributed by atoms with E-state index in [1.54, 1.807) is 46.2 Å². The zero-order valence-corrected chi connectivity index (χ0v) is 23.4. The minimum atomic E-state index is -0.579. The number of carbonyl (C=O) groups is 2. The summed E-state index contributed by atoms with van der Waals surface area (Å²) in [6.07, 6.45) is 5.19. The van der Waals surface area contributed by atoms with Crippen molar-refractivity contribution >= 4 is 22.8 Å². The maximum Gasteiger partial charge on any atom is 0.265 e. The number of hydrogen-bond acceptors (Lipinski definition) is 6. The summed E-state index contributed by atoms with van der Waals surface area (Å²) >= 11 is 0. The van der Waals surface area contributed by atoms with Crippen LogP contribution < -0.4 is 10.9 Å². The van der Waals surface area contributed by atoms with E-state index in [1.165, 1.54) is 10.6 Å². The Hall–Kier alpha value is -4.78. The summed E-state index contributed by atoms with van der Waals surface area (Å²) in [5.74, 6) is -0.750. The second-order valence-electron chi connectivity index (χ2n) is 10.4. The molecule has 0 spiro atoms. The molecule has 4 aromatic rings. The molecule has 1 aromatic carbocycles. The van der Waals surface area contributed by atoms with E-state index in [4.69, 9.17) is 5.26 Å². The molecule has 0 bridgehead atoms. The number of pyridine rings is 2. The van der Waals surface area contributed by atoms with E-state index in [0.29, 0.717) is 29.7 Å². The smallest absolute Gasteiger partial charge is 0.265 e. The van der Waals surface area contributed by atoms with Gasteiger partial charge in [-0.3, -0.25) is 23.6 Å². The van der Waals surface area contributed by atoms with Crippen LogP contribution in [0.25, 0.3) is 22.2 Å². The number of likely N-dealkylation sites (tertiary alicyclic amines) is 1. The topological polar surface area (TPSA) is 126 Å². The van der Waals surface area contributed by atoms with Crippen molar-refractivity contribution in [3.05, 3.63) is 82.0 Å². The molecule has 206 valence electrons. The Kier molecular flexibility index (Phi) is 8.14. The first-order valence-corrected chi connectivity index (χ1v) is 13.2. The number of benzene rings is 1. The van der Waals surface area contributed by atoms with Gasteiger partial charge in [-0.15, -0.1) is 0 Å². The third-order valence-electron chi connectivity index (χ3n) is 6.63. The zero-order chi connectivity index (χ0) is 29.0. The normalized spacial score (nSPS) is 13.6. The Bertz CT molecular complexity index is 1650. The van der Waals surface area contributed by atoms with E-state index >= 15 is 0 Å². The second-order valence-corrected chi connectivity index (χ2v) is 10.4. The molecule has 3 aromatic heterocycles. The molecule has 0 saturated carbocycles. The van der Waals surface area contributed by atoms with Gasteiger partial charge in [0.15, 0.2) is 0 Å². The molecular formula is C30H33N7O3. The molecule has 1 fully saturated rings. The van der Waals surface area contributed by atoms with Gasteiger partial charge >= 0.3 is 0 Å². The molecule has 10 nitrogen and oxygen atoms in total. The molecule has 0 radical (unpaired) electrons. The minimum Gasteiger partial charge on any atom is -0.348 e. The molecule has 5 rings (SSSR count). The first-order chi connectivity index (χ1) is 19.1. The monoisotopic (exact) mass is 539 g/mol. The Labute approximate surface area is 232 Å². The SMILES string of the molecule is CC.Cn1cc(-c2cnc3c(c2)cc(C(=O)NCc2ccc(C#N)cc2)c(=O)n3CC(=O)N2CC(C)(C)C2)cn1. The van der Waals surface area contributed by atoms with Crippen LogP contribution in [-0.2, 0) is 24.9 Å². The van der Waals surface area contributed by atoms with Gasteiger partial charge in [0.25, 0.3) is 11.5 Å². The van der Waals surface area contributed by atoms with E-state index in [9.17, 15) is 14.4 Å². The molecule has 2 amide bonds. The van der Waals surface area contributed by atoms with Gasteiger partial charge in [-0.05, 0) is 35.2 Å². The van der Waals surface area contributed by atoms with Crippen LogP contribution in [0.3, 0.4) is 0 Å². The van der Waals surface area contributed by atoms with Crippen molar-refractivity contribution in [2.45, 2.75) is 40.8 Å². The largest absolute Gasteiger partial charge is 0.348 e. The summed E-state index contributed by atoms with van der Waals surface area (Å²) in [6.45, 7) is 9.36. The number of nitrogens with zero attached hydrogens (tertiary/aromatic N) is 6. The van der Waals surface area contributed by atoms with Gasteiger partial charge in [0, 0.05) is 55.6 Å². The molecule has 10 heteroatoms. The first kappa shape index (κ1) is 28.2. The van der Waals surface area contributed by atoms with Gasteiger partial charge in [0.1, 0.15) is 17.8 Å². The van der Waals surface area contributed by atoms with Crippen molar-refractivity contribution in [1.82, 2.24) is 29.5 Å². The van der Waals surface area contributed by atoms with Crippen molar-refractivity contribution < 1.29 is 9.59 Å². The summed E-state index contributed by atoms with van der Waals surface area (Å²) in [7, 11) is 1.81. The van der Waals surface area contributed by atoms with Crippen molar-refractivity contribution in [3.63, 3.8) is 0 Å². The zero-order valence-electron chi connectivity index (χ0n) is 23.4. The number of nitriles is 1.